The minimum absolute atomic E-state index is 0.0135. The number of H-pyrrole nitrogens is 1. The molecular formula is C19H23N7O. The van der Waals surface area contributed by atoms with E-state index >= 15 is 0 Å². The van der Waals surface area contributed by atoms with Crippen molar-refractivity contribution in [2.24, 2.45) is 0 Å². The summed E-state index contributed by atoms with van der Waals surface area (Å²) in [7, 11) is 0. The number of nitrogens with zero attached hydrogens (tertiary/aromatic N) is 5. The Labute approximate surface area is 156 Å². The molecule has 3 N–H and O–H groups in total. The maximum Gasteiger partial charge on any atom is 0.255 e. The van der Waals surface area contributed by atoms with Gasteiger partial charge in [0.2, 0.25) is 5.95 Å². The Bertz CT molecular complexity index is 1030. The molecular weight excluding hydrogens is 342 g/mol. The van der Waals surface area contributed by atoms with Gasteiger partial charge in [0.1, 0.15) is 5.52 Å². The molecule has 1 saturated carbocycles. The highest BCUT2D eigenvalue weighted by Gasteiger charge is 2.31. The lowest BCUT2D eigenvalue weighted by Gasteiger charge is -2.30. The van der Waals surface area contributed by atoms with Crippen LogP contribution in [0, 0.1) is 0 Å². The van der Waals surface area contributed by atoms with Gasteiger partial charge in [0.15, 0.2) is 5.65 Å². The van der Waals surface area contributed by atoms with Gasteiger partial charge >= 0.3 is 0 Å². The number of carbonyl (C=O) groups excluding carboxylic acids is 1. The second-order valence-corrected chi connectivity index (χ2v) is 7.45. The Kier molecular flexibility index (Phi) is 3.66. The summed E-state index contributed by atoms with van der Waals surface area (Å²) in [5.74, 6) is 0.968. The zero-order valence-electron chi connectivity index (χ0n) is 15.4. The zero-order valence-corrected chi connectivity index (χ0v) is 15.4. The predicted octanol–water partition coefficient (Wildman–Crippen LogP) is 2.22. The average molecular weight is 365 g/mol. The number of imidazole rings is 1. The van der Waals surface area contributed by atoms with Crippen LogP contribution in [0.25, 0.3) is 11.2 Å². The molecule has 0 atom stereocenters. The minimum atomic E-state index is -0.0135. The number of nitrogens with one attached hydrogen (secondary N) is 1. The normalized spacial score (nSPS) is 17.1. The number of rotatable bonds is 3. The standard InChI is InChI=1S/C19H23N7O/c1-2-26-17-15(22-19(26)20)8-12(9-21-17)18(27)25-7-6-14-13(10-25)16(24-23-14)11-4-3-5-11/h8-9,11H,2-7,10H2,1H3,(H2,20,22)(H,23,24). The van der Waals surface area contributed by atoms with Crippen LogP contribution in [-0.2, 0) is 19.5 Å². The van der Waals surface area contributed by atoms with Gasteiger partial charge in [-0.3, -0.25) is 14.5 Å². The van der Waals surface area contributed by atoms with Crippen molar-refractivity contribution in [1.82, 2.24) is 29.6 Å². The molecule has 0 aromatic carbocycles. The fourth-order valence-corrected chi connectivity index (χ4v) is 4.15. The molecule has 5 rings (SSSR count). The number of anilines is 1. The van der Waals surface area contributed by atoms with Crippen LogP contribution in [0.15, 0.2) is 12.3 Å². The molecule has 3 aromatic rings. The van der Waals surface area contributed by atoms with Crippen LogP contribution in [-0.4, -0.2) is 42.1 Å². The van der Waals surface area contributed by atoms with Crippen molar-refractivity contribution in [2.75, 3.05) is 12.3 Å². The van der Waals surface area contributed by atoms with Gasteiger partial charge in [-0.2, -0.15) is 5.10 Å². The lowest BCUT2D eigenvalue weighted by molar-refractivity contribution is 0.0733. The Morgan fingerprint density at radius 2 is 2.26 bits per heavy atom. The van der Waals surface area contributed by atoms with Gasteiger partial charge in [-0.1, -0.05) is 6.42 Å². The van der Waals surface area contributed by atoms with Gasteiger partial charge < -0.3 is 10.6 Å². The molecule has 27 heavy (non-hydrogen) atoms. The first-order chi connectivity index (χ1) is 13.2. The summed E-state index contributed by atoms with van der Waals surface area (Å²) >= 11 is 0. The highest BCUT2D eigenvalue weighted by Crippen LogP contribution is 2.39. The van der Waals surface area contributed by atoms with E-state index in [0.717, 1.165) is 17.8 Å². The van der Waals surface area contributed by atoms with Crippen molar-refractivity contribution in [1.29, 1.82) is 0 Å². The molecule has 3 aromatic heterocycles. The van der Waals surface area contributed by atoms with E-state index in [0.29, 0.717) is 42.6 Å². The van der Waals surface area contributed by atoms with E-state index in [9.17, 15) is 4.79 Å². The lowest BCUT2D eigenvalue weighted by Crippen LogP contribution is -2.36. The lowest BCUT2D eigenvalue weighted by atomic mass is 9.81. The number of amides is 1. The molecule has 0 bridgehead atoms. The molecule has 0 saturated heterocycles. The second kappa shape index (κ2) is 6.07. The van der Waals surface area contributed by atoms with Crippen molar-refractivity contribution in [3.8, 4) is 0 Å². The zero-order chi connectivity index (χ0) is 18.5. The highest BCUT2D eigenvalue weighted by atomic mass is 16.2. The number of aromatic amines is 1. The van der Waals surface area contributed by atoms with E-state index in [1.807, 2.05) is 16.4 Å². The molecule has 1 amide bonds. The predicted molar refractivity (Wildman–Crippen MR) is 101 cm³/mol. The van der Waals surface area contributed by atoms with E-state index in [1.54, 1.807) is 12.3 Å². The van der Waals surface area contributed by atoms with Crippen molar-refractivity contribution in [2.45, 2.75) is 51.6 Å². The van der Waals surface area contributed by atoms with Crippen LogP contribution in [0.4, 0.5) is 5.95 Å². The second-order valence-electron chi connectivity index (χ2n) is 7.45. The number of hydrogen-bond donors (Lipinski definition) is 2. The molecule has 4 heterocycles. The summed E-state index contributed by atoms with van der Waals surface area (Å²) in [6.45, 7) is 3.98. The van der Waals surface area contributed by atoms with Gasteiger partial charge in [0.05, 0.1) is 11.3 Å². The van der Waals surface area contributed by atoms with Crippen molar-refractivity contribution >= 4 is 23.0 Å². The molecule has 0 spiro atoms. The molecule has 1 aliphatic carbocycles. The first-order valence-corrected chi connectivity index (χ1v) is 9.62. The first kappa shape index (κ1) is 16.3. The van der Waals surface area contributed by atoms with Crippen LogP contribution in [0.2, 0.25) is 0 Å². The van der Waals surface area contributed by atoms with Gasteiger partial charge in [-0.05, 0) is 25.8 Å². The molecule has 1 aliphatic heterocycles. The van der Waals surface area contributed by atoms with Crippen molar-refractivity contribution in [3.05, 3.63) is 34.8 Å². The van der Waals surface area contributed by atoms with Crippen molar-refractivity contribution in [3.63, 3.8) is 0 Å². The highest BCUT2D eigenvalue weighted by molar-refractivity contribution is 5.96. The van der Waals surface area contributed by atoms with Crippen LogP contribution in [0.3, 0.4) is 0 Å². The summed E-state index contributed by atoms with van der Waals surface area (Å²) in [5.41, 5.74) is 11.4. The Morgan fingerprint density at radius 1 is 1.41 bits per heavy atom. The summed E-state index contributed by atoms with van der Waals surface area (Å²) in [6.07, 6.45) is 6.12. The van der Waals surface area contributed by atoms with E-state index in [-0.39, 0.29) is 5.91 Å². The molecule has 0 unspecified atom stereocenters. The molecule has 0 radical (unpaired) electrons. The molecule has 1 fully saturated rings. The van der Waals surface area contributed by atoms with E-state index in [1.165, 1.54) is 30.5 Å². The Balaban J connectivity index is 1.43. The van der Waals surface area contributed by atoms with Gasteiger partial charge in [0, 0.05) is 49.4 Å². The fraction of sp³-hybridized carbons (Fsp3) is 0.474. The average Bonchev–Trinajstić information content (AvgIpc) is 3.18. The monoisotopic (exact) mass is 365 g/mol. The topological polar surface area (TPSA) is 106 Å². The third-order valence-electron chi connectivity index (χ3n) is 5.92. The fourth-order valence-electron chi connectivity index (χ4n) is 4.15. The number of nitrogen functional groups attached to an aromatic ring is 1. The van der Waals surface area contributed by atoms with Gasteiger partial charge in [-0.25, -0.2) is 9.97 Å². The van der Waals surface area contributed by atoms with E-state index in [2.05, 4.69) is 20.2 Å². The SMILES string of the molecule is CCn1c(N)nc2cc(C(=O)N3CCc4[nH]nc(C5CCC5)c4C3)cnc21. The number of nitrogens with two attached hydrogens (primary N) is 1. The summed E-state index contributed by atoms with van der Waals surface area (Å²) in [5, 5.41) is 7.73. The number of fused-ring (bicyclic) bond motifs is 2. The molecule has 2 aliphatic rings. The first-order valence-electron chi connectivity index (χ1n) is 9.62. The summed E-state index contributed by atoms with van der Waals surface area (Å²) in [6, 6.07) is 1.80. The van der Waals surface area contributed by atoms with Crippen LogP contribution >= 0.6 is 0 Å². The van der Waals surface area contributed by atoms with Crippen LogP contribution in [0.5, 0.6) is 0 Å². The smallest absolute Gasteiger partial charge is 0.255 e. The van der Waals surface area contributed by atoms with Crippen molar-refractivity contribution < 1.29 is 4.79 Å². The van der Waals surface area contributed by atoms with Gasteiger partial charge in [-0.15, -0.1) is 0 Å². The Hall–Kier alpha value is -2.90. The number of hydrogen-bond acceptors (Lipinski definition) is 5. The number of carbonyl (C=O) groups is 1. The minimum Gasteiger partial charge on any atom is -0.369 e. The number of aromatic nitrogens is 5. The number of aryl methyl sites for hydroxylation is 1. The van der Waals surface area contributed by atoms with Gasteiger partial charge in [0.25, 0.3) is 5.91 Å². The Morgan fingerprint density at radius 3 is 3.00 bits per heavy atom. The summed E-state index contributed by atoms with van der Waals surface area (Å²) in [4.78, 5) is 23.8. The van der Waals surface area contributed by atoms with Crippen LogP contribution < -0.4 is 5.73 Å². The third kappa shape index (κ3) is 2.50. The molecule has 140 valence electrons. The van der Waals surface area contributed by atoms with E-state index < -0.39 is 0 Å². The van der Waals surface area contributed by atoms with E-state index in [4.69, 9.17) is 5.73 Å². The largest absolute Gasteiger partial charge is 0.369 e. The van der Waals surface area contributed by atoms with Crippen LogP contribution in [0.1, 0.15) is 59.4 Å². The molecule has 8 heteroatoms. The summed E-state index contributed by atoms with van der Waals surface area (Å²) < 4.78 is 1.84. The molecule has 8 nitrogen and oxygen atoms in total. The third-order valence-corrected chi connectivity index (χ3v) is 5.92. The maximum absolute atomic E-state index is 13.1. The maximum atomic E-state index is 13.1. The number of pyridine rings is 1. The quantitative estimate of drug-likeness (QED) is 0.740.